The SMILES string of the molecule is CC(C)(C)Cn1nccc1N. The second-order valence-corrected chi connectivity index (χ2v) is 3.97. The van der Waals surface area contributed by atoms with E-state index in [9.17, 15) is 0 Å². The standard InChI is InChI=1S/C8H15N3/c1-8(2,3)6-11-7(9)4-5-10-11/h4-5H,6,9H2,1-3H3. The molecule has 0 saturated carbocycles. The fraction of sp³-hybridized carbons (Fsp3) is 0.625. The summed E-state index contributed by atoms with van der Waals surface area (Å²) in [7, 11) is 0. The van der Waals surface area contributed by atoms with Crippen LogP contribution in [0.1, 0.15) is 20.8 Å². The molecular weight excluding hydrogens is 138 g/mol. The van der Waals surface area contributed by atoms with Gasteiger partial charge < -0.3 is 5.73 Å². The van der Waals surface area contributed by atoms with Crippen molar-refractivity contribution in [2.45, 2.75) is 27.3 Å². The van der Waals surface area contributed by atoms with E-state index in [1.165, 1.54) is 0 Å². The number of anilines is 1. The van der Waals surface area contributed by atoms with E-state index in [0.29, 0.717) is 0 Å². The van der Waals surface area contributed by atoms with Crippen molar-refractivity contribution >= 4 is 5.82 Å². The van der Waals surface area contributed by atoms with Gasteiger partial charge in [0.15, 0.2) is 0 Å². The second-order valence-electron chi connectivity index (χ2n) is 3.97. The minimum Gasteiger partial charge on any atom is -0.384 e. The second kappa shape index (κ2) is 2.57. The van der Waals surface area contributed by atoms with Crippen molar-refractivity contribution in [2.24, 2.45) is 5.41 Å². The molecule has 1 rings (SSSR count). The molecule has 0 radical (unpaired) electrons. The van der Waals surface area contributed by atoms with Crippen molar-refractivity contribution in [1.82, 2.24) is 9.78 Å². The van der Waals surface area contributed by atoms with Gasteiger partial charge in [-0.1, -0.05) is 20.8 Å². The van der Waals surface area contributed by atoms with Crippen LogP contribution < -0.4 is 5.73 Å². The molecule has 0 fully saturated rings. The lowest BCUT2D eigenvalue weighted by atomic mass is 9.97. The molecule has 0 spiro atoms. The fourth-order valence-electron chi connectivity index (χ4n) is 0.924. The van der Waals surface area contributed by atoms with Crippen molar-refractivity contribution in [2.75, 3.05) is 5.73 Å². The fourth-order valence-corrected chi connectivity index (χ4v) is 0.924. The van der Waals surface area contributed by atoms with Gasteiger partial charge in [0.1, 0.15) is 5.82 Å². The van der Waals surface area contributed by atoms with Gasteiger partial charge in [-0.3, -0.25) is 0 Å². The first kappa shape index (κ1) is 8.11. The lowest BCUT2D eigenvalue weighted by Gasteiger charge is -2.18. The van der Waals surface area contributed by atoms with Crippen LogP contribution in [0.2, 0.25) is 0 Å². The maximum atomic E-state index is 5.65. The van der Waals surface area contributed by atoms with Crippen molar-refractivity contribution in [3.8, 4) is 0 Å². The Kier molecular flexibility index (Phi) is 1.89. The largest absolute Gasteiger partial charge is 0.384 e. The summed E-state index contributed by atoms with van der Waals surface area (Å²) in [5, 5.41) is 4.09. The zero-order valence-electron chi connectivity index (χ0n) is 7.33. The molecule has 3 nitrogen and oxygen atoms in total. The van der Waals surface area contributed by atoms with Crippen LogP contribution in [0, 0.1) is 5.41 Å². The lowest BCUT2D eigenvalue weighted by molar-refractivity contribution is 0.328. The summed E-state index contributed by atoms with van der Waals surface area (Å²) < 4.78 is 1.82. The van der Waals surface area contributed by atoms with Crippen molar-refractivity contribution in [1.29, 1.82) is 0 Å². The van der Waals surface area contributed by atoms with Gasteiger partial charge in [0.25, 0.3) is 0 Å². The van der Waals surface area contributed by atoms with E-state index in [1.807, 2.05) is 10.7 Å². The minimum absolute atomic E-state index is 0.236. The van der Waals surface area contributed by atoms with Gasteiger partial charge in [0.05, 0.1) is 6.20 Å². The predicted molar refractivity (Wildman–Crippen MR) is 46.1 cm³/mol. The Morgan fingerprint density at radius 1 is 1.55 bits per heavy atom. The normalized spacial score (nSPS) is 11.9. The van der Waals surface area contributed by atoms with E-state index < -0.39 is 0 Å². The summed E-state index contributed by atoms with van der Waals surface area (Å²) in [5.41, 5.74) is 5.88. The summed E-state index contributed by atoms with van der Waals surface area (Å²) in [6, 6.07) is 1.81. The molecule has 0 bridgehead atoms. The summed E-state index contributed by atoms with van der Waals surface area (Å²) in [6.07, 6.45) is 1.72. The summed E-state index contributed by atoms with van der Waals surface area (Å²) in [5.74, 6) is 0.736. The topological polar surface area (TPSA) is 43.8 Å². The van der Waals surface area contributed by atoms with Crippen LogP contribution in [0.25, 0.3) is 0 Å². The first-order chi connectivity index (χ1) is 4.99. The van der Waals surface area contributed by atoms with Crippen LogP contribution in [-0.2, 0) is 6.54 Å². The maximum absolute atomic E-state index is 5.65. The molecule has 2 N–H and O–H groups in total. The Hall–Kier alpha value is -0.990. The molecule has 0 saturated heterocycles. The van der Waals surface area contributed by atoms with Gasteiger partial charge in [-0.15, -0.1) is 0 Å². The molecule has 0 aliphatic heterocycles. The van der Waals surface area contributed by atoms with Gasteiger partial charge in [-0.25, -0.2) is 4.68 Å². The molecule has 1 heterocycles. The third kappa shape index (κ3) is 2.26. The minimum atomic E-state index is 0.236. The average molecular weight is 153 g/mol. The Morgan fingerprint density at radius 2 is 2.18 bits per heavy atom. The molecule has 0 unspecified atom stereocenters. The van der Waals surface area contributed by atoms with Gasteiger partial charge in [-0.05, 0) is 11.5 Å². The van der Waals surface area contributed by atoms with Crippen LogP contribution >= 0.6 is 0 Å². The molecule has 0 amide bonds. The number of nitrogens with zero attached hydrogens (tertiary/aromatic N) is 2. The first-order valence-corrected chi connectivity index (χ1v) is 3.76. The van der Waals surface area contributed by atoms with Crippen molar-refractivity contribution < 1.29 is 0 Å². The third-order valence-corrected chi connectivity index (χ3v) is 1.37. The molecular formula is C8H15N3. The molecule has 11 heavy (non-hydrogen) atoms. The molecule has 1 aromatic heterocycles. The first-order valence-electron chi connectivity index (χ1n) is 3.76. The monoisotopic (exact) mass is 153 g/mol. The van der Waals surface area contributed by atoms with Gasteiger partial charge >= 0.3 is 0 Å². The Labute approximate surface area is 67.2 Å². The van der Waals surface area contributed by atoms with Crippen LogP contribution in [0.4, 0.5) is 5.82 Å². The molecule has 62 valence electrons. The number of nitrogens with two attached hydrogens (primary N) is 1. The van der Waals surface area contributed by atoms with Crippen LogP contribution in [0.15, 0.2) is 12.3 Å². The van der Waals surface area contributed by atoms with Crippen LogP contribution in [-0.4, -0.2) is 9.78 Å². The molecule has 3 heteroatoms. The van der Waals surface area contributed by atoms with E-state index in [2.05, 4.69) is 25.9 Å². The smallest absolute Gasteiger partial charge is 0.121 e. The number of aromatic nitrogens is 2. The van der Waals surface area contributed by atoms with E-state index in [-0.39, 0.29) is 5.41 Å². The molecule has 0 aromatic carbocycles. The number of hydrogen-bond donors (Lipinski definition) is 1. The summed E-state index contributed by atoms with van der Waals surface area (Å²) in [4.78, 5) is 0. The molecule has 0 atom stereocenters. The molecule has 1 aromatic rings. The predicted octanol–water partition coefficient (Wildman–Crippen LogP) is 1.51. The lowest BCUT2D eigenvalue weighted by Crippen LogP contribution is -2.17. The maximum Gasteiger partial charge on any atom is 0.121 e. The Bertz CT molecular complexity index is 232. The van der Waals surface area contributed by atoms with Crippen LogP contribution in [0.5, 0.6) is 0 Å². The van der Waals surface area contributed by atoms with Crippen molar-refractivity contribution in [3.05, 3.63) is 12.3 Å². The highest BCUT2D eigenvalue weighted by atomic mass is 15.3. The Morgan fingerprint density at radius 3 is 2.55 bits per heavy atom. The van der Waals surface area contributed by atoms with E-state index in [4.69, 9.17) is 5.73 Å². The molecule has 0 aliphatic carbocycles. The summed E-state index contributed by atoms with van der Waals surface area (Å²) >= 11 is 0. The van der Waals surface area contributed by atoms with Gasteiger partial charge in [-0.2, -0.15) is 5.10 Å². The van der Waals surface area contributed by atoms with E-state index >= 15 is 0 Å². The number of nitrogen functional groups attached to an aromatic ring is 1. The van der Waals surface area contributed by atoms with Gasteiger partial charge in [0, 0.05) is 6.54 Å². The van der Waals surface area contributed by atoms with Gasteiger partial charge in [0.2, 0.25) is 0 Å². The highest BCUT2D eigenvalue weighted by Crippen LogP contribution is 2.17. The third-order valence-electron chi connectivity index (χ3n) is 1.37. The highest BCUT2D eigenvalue weighted by molar-refractivity contribution is 5.25. The number of hydrogen-bond acceptors (Lipinski definition) is 2. The molecule has 0 aliphatic rings. The summed E-state index contributed by atoms with van der Waals surface area (Å²) in [6.45, 7) is 7.35. The van der Waals surface area contributed by atoms with Crippen molar-refractivity contribution in [3.63, 3.8) is 0 Å². The van der Waals surface area contributed by atoms with Crippen LogP contribution in [0.3, 0.4) is 0 Å². The quantitative estimate of drug-likeness (QED) is 0.664. The van der Waals surface area contributed by atoms with E-state index in [0.717, 1.165) is 12.4 Å². The average Bonchev–Trinajstić information content (AvgIpc) is 2.12. The Balaban J connectivity index is 2.72. The highest BCUT2D eigenvalue weighted by Gasteiger charge is 2.12. The zero-order valence-corrected chi connectivity index (χ0v) is 7.33. The van der Waals surface area contributed by atoms with E-state index in [1.54, 1.807) is 6.20 Å². The zero-order chi connectivity index (χ0) is 8.48. The number of rotatable bonds is 1.